The standard InChI is InChI=1S/C19H21N7O/c1-23-13-15(11-22-23)17-12-21-19-18(20-4-5-26(17)19)25-8-6-24(7-9-25)14-16-3-2-10-27-16/h2-5,10-13H,6-9,14H2,1H3. The van der Waals surface area contributed by atoms with Crippen molar-refractivity contribution in [3.8, 4) is 11.3 Å². The van der Waals surface area contributed by atoms with Gasteiger partial charge in [-0.25, -0.2) is 9.97 Å². The molecule has 0 atom stereocenters. The molecule has 0 radical (unpaired) electrons. The zero-order valence-electron chi connectivity index (χ0n) is 15.2. The Bertz CT molecular complexity index is 1040. The highest BCUT2D eigenvalue weighted by Crippen LogP contribution is 2.25. The number of imidazole rings is 1. The minimum absolute atomic E-state index is 0.854. The normalized spacial score (nSPS) is 15.7. The summed E-state index contributed by atoms with van der Waals surface area (Å²) in [4.78, 5) is 14.0. The second-order valence-electron chi connectivity index (χ2n) is 6.83. The van der Waals surface area contributed by atoms with E-state index in [2.05, 4.69) is 29.3 Å². The van der Waals surface area contributed by atoms with Gasteiger partial charge in [0.05, 0.1) is 30.9 Å². The van der Waals surface area contributed by atoms with E-state index in [4.69, 9.17) is 4.42 Å². The van der Waals surface area contributed by atoms with Crippen molar-refractivity contribution in [2.45, 2.75) is 6.54 Å². The minimum atomic E-state index is 0.854. The number of nitrogens with zero attached hydrogens (tertiary/aromatic N) is 7. The van der Waals surface area contributed by atoms with Crippen LogP contribution in [0.5, 0.6) is 0 Å². The van der Waals surface area contributed by atoms with Gasteiger partial charge in [0.15, 0.2) is 11.5 Å². The summed E-state index contributed by atoms with van der Waals surface area (Å²) in [6, 6.07) is 3.97. The Hall–Kier alpha value is -3.13. The van der Waals surface area contributed by atoms with Gasteiger partial charge in [0.25, 0.3) is 0 Å². The van der Waals surface area contributed by atoms with E-state index in [0.717, 1.165) is 61.2 Å². The van der Waals surface area contributed by atoms with Crippen molar-refractivity contribution in [1.82, 2.24) is 29.0 Å². The molecule has 0 bridgehead atoms. The molecule has 0 aliphatic carbocycles. The molecule has 1 aliphatic heterocycles. The molecule has 0 spiro atoms. The quantitative estimate of drug-likeness (QED) is 0.553. The second kappa shape index (κ2) is 6.55. The van der Waals surface area contributed by atoms with Crippen LogP contribution in [0.25, 0.3) is 16.9 Å². The summed E-state index contributed by atoms with van der Waals surface area (Å²) < 4.78 is 9.36. The van der Waals surface area contributed by atoms with Gasteiger partial charge in [-0.05, 0) is 12.1 Å². The van der Waals surface area contributed by atoms with Gasteiger partial charge in [0, 0.05) is 57.4 Å². The van der Waals surface area contributed by atoms with Gasteiger partial charge in [0.2, 0.25) is 0 Å². The zero-order valence-corrected chi connectivity index (χ0v) is 15.2. The van der Waals surface area contributed by atoms with E-state index >= 15 is 0 Å². The third-order valence-electron chi connectivity index (χ3n) is 5.04. The lowest BCUT2D eigenvalue weighted by Crippen LogP contribution is -2.46. The van der Waals surface area contributed by atoms with Crippen LogP contribution >= 0.6 is 0 Å². The lowest BCUT2D eigenvalue weighted by atomic mass is 10.3. The lowest BCUT2D eigenvalue weighted by molar-refractivity contribution is 0.230. The molecule has 0 N–H and O–H groups in total. The molecule has 1 aliphatic rings. The number of hydrogen-bond donors (Lipinski definition) is 0. The molecule has 138 valence electrons. The topological polar surface area (TPSA) is 67.6 Å². The van der Waals surface area contributed by atoms with Gasteiger partial charge in [-0.3, -0.25) is 14.0 Å². The fourth-order valence-corrected chi connectivity index (χ4v) is 3.64. The van der Waals surface area contributed by atoms with Crippen molar-refractivity contribution >= 4 is 11.5 Å². The Kier molecular flexibility index (Phi) is 3.90. The van der Waals surface area contributed by atoms with Crippen molar-refractivity contribution in [2.24, 2.45) is 7.05 Å². The van der Waals surface area contributed by atoms with Gasteiger partial charge in [-0.1, -0.05) is 0 Å². The van der Waals surface area contributed by atoms with Crippen LogP contribution in [0.15, 0.2) is 53.8 Å². The smallest absolute Gasteiger partial charge is 0.180 e. The van der Waals surface area contributed by atoms with Crippen LogP contribution in [0.3, 0.4) is 0 Å². The van der Waals surface area contributed by atoms with Crippen LogP contribution in [-0.4, -0.2) is 55.2 Å². The van der Waals surface area contributed by atoms with Crippen molar-refractivity contribution in [3.05, 3.63) is 55.1 Å². The number of piperazine rings is 1. The Morgan fingerprint density at radius 3 is 2.74 bits per heavy atom. The first-order valence-corrected chi connectivity index (χ1v) is 9.09. The molecule has 5 rings (SSSR count). The zero-order chi connectivity index (χ0) is 18.2. The minimum Gasteiger partial charge on any atom is -0.468 e. The average molecular weight is 363 g/mol. The highest BCUT2D eigenvalue weighted by Gasteiger charge is 2.22. The summed E-state index contributed by atoms with van der Waals surface area (Å²) in [5, 5.41) is 4.27. The molecule has 0 aromatic carbocycles. The van der Waals surface area contributed by atoms with E-state index in [1.165, 1.54) is 0 Å². The van der Waals surface area contributed by atoms with Crippen molar-refractivity contribution in [1.29, 1.82) is 0 Å². The lowest BCUT2D eigenvalue weighted by Gasteiger charge is -2.34. The number of aromatic nitrogens is 5. The molecule has 0 unspecified atom stereocenters. The molecule has 8 heteroatoms. The van der Waals surface area contributed by atoms with E-state index < -0.39 is 0 Å². The summed E-state index contributed by atoms with van der Waals surface area (Å²) in [5.74, 6) is 1.95. The van der Waals surface area contributed by atoms with Gasteiger partial charge in [-0.2, -0.15) is 5.10 Å². The first-order valence-electron chi connectivity index (χ1n) is 9.09. The molecule has 5 heterocycles. The molecule has 0 amide bonds. The van der Waals surface area contributed by atoms with E-state index in [0.29, 0.717) is 0 Å². The molecule has 8 nitrogen and oxygen atoms in total. The maximum Gasteiger partial charge on any atom is 0.180 e. The molecule has 4 aromatic rings. The maximum atomic E-state index is 5.46. The van der Waals surface area contributed by atoms with E-state index in [9.17, 15) is 0 Å². The van der Waals surface area contributed by atoms with Crippen LogP contribution in [-0.2, 0) is 13.6 Å². The Morgan fingerprint density at radius 1 is 1.11 bits per heavy atom. The van der Waals surface area contributed by atoms with E-state index in [-0.39, 0.29) is 0 Å². The molecule has 1 saturated heterocycles. The third-order valence-corrected chi connectivity index (χ3v) is 5.04. The predicted octanol–water partition coefficient (Wildman–Crippen LogP) is 2.04. The summed E-state index contributed by atoms with van der Waals surface area (Å²) >= 11 is 0. The van der Waals surface area contributed by atoms with Crippen LogP contribution in [0, 0.1) is 0 Å². The van der Waals surface area contributed by atoms with E-state index in [1.807, 2.05) is 50.2 Å². The second-order valence-corrected chi connectivity index (χ2v) is 6.83. The predicted molar refractivity (Wildman–Crippen MR) is 101 cm³/mol. The number of aryl methyl sites for hydroxylation is 1. The van der Waals surface area contributed by atoms with Crippen LogP contribution in [0.2, 0.25) is 0 Å². The van der Waals surface area contributed by atoms with Crippen molar-refractivity contribution in [2.75, 3.05) is 31.1 Å². The largest absolute Gasteiger partial charge is 0.468 e. The average Bonchev–Trinajstić information content (AvgIpc) is 3.43. The molecular weight excluding hydrogens is 342 g/mol. The van der Waals surface area contributed by atoms with E-state index in [1.54, 1.807) is 10.9 Å². The number of anilines is 1. The Balaban J connectivity index is 1.37. The maximum absolute atomic E-state index is 5.46. The molecule has 1 fully saturated rings. The monoisotopic (exact) mass is 363 g/mol. The number of hydrogen-bond acceptors (Lipinski definition) is 6. The number of furan rings is 1. The summed E-state index contributed by atoms with van der Waals surface area (Å²) in [5.41, 5.74) is 2.96. The number of fused-ring (bicyclic) bond motifs is 1. The van der Waals surface area contributed by atoms with Crippen molar-refractivity contribution < 1.29 is 4.42 Å². The first-order chi connectivity index (χ1) is 13.3. The Morgan fingerprint density at radius 2 is 2.00 bits per heavy atom. The van der Waals surface area contributed by atoms with Crippen LogP contribution < -0.4 is 4.90 Å². The third kappa shape index (κ3) is 2.97. The highest BCUT2D eigenvalue weighted by atomic mass is 16.3. The fourth-order valence-electron chi connectivity index (χ4n) is 3.64. The Labute approximate surface area is 156 Å². The molecule has 4 aromatic heterocycles. The van der Waals surface area contributed by atoms with Gasteiger partial charge < -0.3 is 9.32 Å². The summed E-state index contributed by atoms with van der Waals surface area (Å²) in [6.45, 7) is 4.64. The molecular formula is C19H21N7O. The molecule has 0 saturated carbocycles. The first kappa shape index (κ1) is 16.1. The van der Waals surface area contributed by atoms with Gasteiger partial charge in [-0.15, -0.1) is 0 Å². The fraction of sp³-hybridized carbons (Fsp3) is 0.316. The molecule has 27 heavy (non-hydrogen) atoms. The van der Waals surface area contributed by atoms with Gasteiger partial charge >= 0.3 is 0 Å². The van der Waals surface area contributed by atoms with Crippen LogP contribution in [0.1, 0.15) is 5.76 Å². The number of rotatable bonds is 4. The summed E-state index contributed by atoms with van der Waals surface area (Å²) in [6.07, 6.45) is 11.3. The van der Waals surface area contributed by atoms with Crippen molar-refractivity contribution in [3.63, 3.8) is 0 Å². The highest BCUT2D eigenvalue weighted by molar-refractivity contribution is 5.70. The van der Waals surface area contributed by atoms with Gasteiger partial charge in [0.1, 0.15) is 5.76 Å². The summed E-state index contributed by atoms with van der Waals surface area (Å²) in [7, 11) is 1.92. The SMILES string of the molecule is Cn1cc(-c2cnc3c(N4CCN(Cc5ccco5)CC4)nccn23)cn1. The van der Waals surface area contributed by atoms with Crippen LogP contribution in [0.4, 0.5) is 5.82 Å².